The number of ether oxygens (including phenoxy) is 1. The lowest BCUT2D eigenvalue weighted by Crippen LogP contribution is -2.39. The number of halogens is 1. The number of hydrogen-bond acceptors (Lipinski definition) is 3. The van der Waals surface area contributed by atoms with Gasteiger partial charge in [-0.3, -0.25) is 4.99 Å². The van der Waals surface area contributed by atoms with Crippen molar-refractivity contribution in [2.24, 2.45) is 16.8 Å². The van der Waals surface area contributed by atoms with Crippen molar-refractivity contribution in [3.63, 3.8) is 0 Å². The number of guanidine groups is 1. The molecule has 1 aliphatic heterocycles. The van der Waals surface area contributed by atoms with Crippen molar-refractivity contribution < 1.29 is 4.74 Å². The lowest BCUT2D eigenvalue weighted by atomic mass is 10.1. The van der Waals surface area contributed by atoms with Gasteiger partial charge in [0, 0.05) is 39.4 Å². The Morgan fingerprint density at radius 1 is 1.20 bits per heavy atom. The maximum absolute atomic E-state index is 5.68. The summed E-state index contributed by atoms with van der Waals surface area (Å²) in [5.74, 6) is 2.42. The molecule has 0 aromatic rings. The second-order valence-electron chi connectivity index (χ2n) is 7.48. The van der Waals surface area contributed by atoms with Crippen LogP contribution in [0.15, 0.2) is 4.99 Å². The number of likely N-dealkylation sites (tertiary alicyclic amines) is 1. The summed E-state index contributed by atoms with van der Waals surface area (Å²) < 4.78 is 5.68. The Morgan fingerprint density at radius 3 is 2.64 bits per heavy atom. The SMILES string of the molecule is CCNC(=NCC(C)CN1CCCCC1)NCCCOCC1CC1.I. The third kappa shape index (κ3) is 11.3. The van der Waals surface area contributed by atoms with Gasteiger partial charge in [-0.1, -0.05) is 13.3 Å². The fourth-order valence-corrected chi connectivity index (χ4v) is 3.14. The first kappa shape index (κ1) is 23.0. The molecule has 1 heterocycles. The fraction of sp³-hybridized carbons (Fsp3) is 0.947. The van der Waals surface area contributed by atoms with Crippen molar-refractivity contribution in [3.8, 4) is 0 Å². The Labute approximate surface area is 171 Å². The van der Waals surface area contributed by atoms with Gasteiger partial charge in [-0.2, -0.15) is 0 Å². The highest BCUT2D eigenvalue weighted by molar-refractivity contribution is 14.0. The average Bonchev–Trinajstić information content (AvgIpc) is 3.41. The maximum atomic E-state index is 5.68. The van der Waals surface area contributed by atoms with E-state index in [1.807, 2.05) is 0 Å². The van der Waals surface area contributed by atoms with Crippen LogP contribution in [-0.2, 0) is 4.74 Å². The molecule has 0 aromatic carbocycles. The first-order chi connectivity index (χ1) is 11.8. The molecule has 1 unspecified atom stereocenters. The van der Waals surface area contributed by atoms with Crippen LogP contribution >= 0.6 is 24.0 Å². The van der Waals surface area contributed by atoms with Gasteiger partial charge in [0.15, 0.2) is 5.96 Å². The molecule has 0 radical (unpaired) electrons. The second kappa shape index (κ2) is 14.0. The highest BCUT2D eigenvalue weighted by Gasteiger charge is 2.20. The van der Waals surface area contributed by atoms with Gasteiger partial charge in [-0.15, -0.1) is 24.0 Å². The van der Waals surface area contributed by atoms with Crippen molar-refractivity contribution in [1.29, 1.82) is 0 Å². The summed E-state index contributed by atoms with van der Waals surface area (Å²) in [4.78, 5) is 7.36. The van der Waals surface area contributed by atoms with Crippen LogP contribution in [0.1, 0.15) is 52.4 Å². The summed E-state index contributed by atoms with van der Waals surface area (Å²) in [6.07, 6.45) is 7.91. The van der Waals surface area contributed by atoms with Gasteiger partial charge >= 0.3 is 0 Å². The van der Waals surface area contributed by atoms with Crippen molar-refractivity contribution in [2.75, 3.05) is 52.5 Å². The van der Waals surface area contributed by atoms with Gasteiger partial charge in [0.25, 0.3) is 0 Å². The zero-order valence-electron chi connectivity index (χ0n) is 16.3. The van der Waals surface area contributed by atoms with Crippen molar-refractivity contribution in [3.05, 3.63) is 0 Å². The van der Waals surface area contributed by atoms with Gasteiger partial charge in [0.05, 0.1) is 0 Å². The van der Waals surface area contributed by atoms with Crippen LogP contribution in [0.2, 0.25) is 0 Å². The van der Waals surface area contributed by atoms with Crippen molar-refractivity contribution in [1.82, 2.24) is 15.5 Å². The predicted octanol–water partition coefficient (Wildman–Crippen LogP) is 3.10. The Morgan fingerprint density at radius 2 is 1.96 bits per heavy atom. The van der Waals surface area contributed by atoms with E-state index in [1.54, 1.807) is 0 Å². The smallest absolute Gasteiger partial charge is 0.191 e. The van der Waals surface area contributed by atoms with E-state index in [9.17, 15) is 0 Å². The van der Waals surface area contributed by atoms with Crippen LogP contribution in [-0.4, -0.2) is 63.3 Å². The molecule has 0 spiro atoms. The fourth-order valence-electron chi connectivity index (χ4n) is 3.14. The second-order valence-corrected chi connectivity index (χ2v) is 7.48. The minimum Gasteiger partial charge on any atom is -0.381 e. The van der Waals surface area contributed by atoms with E-state index < -0.39 is 0 Å². The predicted molar refractivity (Wildman–Crippen MR) is 117 cm³/mol. The highest BCUT2D eigenvalue weighted by Crippen LogP contribution is 2.28. The van der Waals surface area contributed by atoms with Crippen molar-refractivity contribution >= 4 is 29.9 Å². The number of hydrogen-bond donors (Lipinski definition) is 2. The summed E-state index contributed by atoms with van der Waals surface area (Å²) in [6, 6.07) is 0. The number of rotatable bonds is 11. The molecular formula is C19H39IN4O. The van der Waals surface area contributed by atoms with Gasteiger partial charge in [-0.05, 0) is 64.0 Å². The molecule has 0 bridgehead atoms. The molecule has 0 amide bonds. The van der Waals surface area contributed by atoms with Crippen LogP contribution in [0.25, 0.3) is 0 Å². The molecule has 1 saturated carbocycles. The molecule has 2 fully saturated rings. The molecule has 1 saturated heterocycles. The molecule has 2 aliphatic rings. The van der Waals surface area contributed by atoms with E-state index in [0.717, 1.165) is 51.1 Å². The van der Waals surface area contributed by atoms with Crippen LogP contribution in [0.3, 0.4) is 0 Å². The zero-order valence-corrected chi connectivity index (χ0v) is 18.6. The summed E-state index contributed by atoms with van der Waals surface area (Å²) in [5.41, 5.74) is 0. The molecule has 2 rings (SSSR count). The van der Waals surface area contributed by atoms with Gasteiger partial charge in [0.1, 0.15) is 0 Å². The first-order valence-electron chi connectivity index (χ1n) is 10.1. The lowest BCUT2D eigenvalue weighted by Gasteiger charge is -2.28. The number of piperidine rings is 1. The van der Waals surface area contributed by atoms with E-state index in [1.165, 1.54) is 51.7 Å². The standard InChI is InChI=1S/C19H38N4O.HI/c1-3-20-19(21-10-7-13-24-16-18-8-9-18)22-14-17(2)15-23-11-5-4-6-12-23;/h17-18H,3-16H2,1-2H3,(H2,20,21,22);1H. The number of nitrogens with zero attached hydrogens (tertiary/aromatic N) is 2. The summed E-state index contributed by atoms with van der Waals surface area (Å²) in [5, 5.41) is 6.77. The zero-order chi connectivity index (χ0) is 17.0. The summed E-state index contributed by atoms with van der Waals surface area (Å²) in [6.45, 7) is 12.7. The lowest BCUT2D eigenvalue weighted by molar-refractivity contribution is 0.123. The molecule has 1 aliphatic carbocycles. The Bertz CT molecular complexity index is 357. The molecule has 6 heteroatoms. The largest absolute Gasteiger partial charge is 0.381 e. The third-order valence-electron chi connectivity index (χ3n) is 4.73. The summed E-state index contributed by atoms with van der Waals surface area (Å²) in [7, 11) is 0. The number of aliphatic imine (C=N–C) groups is 1. The monoisotopic (exact) mass is 466 g/mol. The third-order valence-corrected chi connectivity index (χ3v) is 4.73. The van der Waals surface area contributed by atoms with Gasteiger partial charge < -0.3 is 20.3 Å². The van der Waals surface area contributed by atoms with E-state index in [4.69, 9.17) is 9.73 Å². The maximum Gasteiger partial charge on any atom is 0.191 e. The Kier molecular flexibility index (Phi) is 12.9. The first-order valence-corrected chi connectivity index (χ1v) is 10.1. The molecule has 148 valence electrons. The molecule has 2 N–H and O–H groups in total. The Hall–Kier alpha value is -0.0800. The molecule has 5 nitrogen and oxygen atoms in total. The average molecular weight is 466 g/mol. The van der Waals surface area contributed by atoms with Gasteiger partial charge in [-0.25, -0.2) is 0 Å². The summed E-state index contributed by atoms with van der Waals surface area (Å²) >= 11 is 0. The van der Waals surface area contributed by atoms with E-state index in [2.05, 4.69) is 29.4 Å². The van der Waals surface area contributed by atoms with E-state index in [0.29, 0.717) is 5.92 Å². The molecular weight excluding hydrogens is 427 g/mol. The Balaban J connectivity index is 0.00000312. The number of nitrogens with one attached hydrogen (secondary N) is 2. The minimum absolute atomic E-state index is 0. The normalized spacial score (nSPS) is 20.0. The molecule has 0 aromatic heterocycles. The van der Waals surface area contributed by atoms with Crippen molar-refractivity contribution in [2.45, 2.75) is 52.4 Å². The minimum atomic E-state index is 0. The molecule has 1 atom stereocenters. The van der Waals surface area contributed by atoms with Crippen LogP contribution in [0.4, 0.5) is 0 Å². The van der Waals surface area contributed by atoms with E-state index in [-0.39, 0.29) is 24.0 Å². The quantitative estimate of drug-likeness (QED) is 0.213. The van der Waals surface area contributed by atoms with Crippen LogP contribution < -0.4 is 10.6 Å². The van der Waals surface area contributed by atoms with Gasteiger partial charge in [0.2, 0.25) is 0 Å². The molecule has 25 heavy (non-hydrogen) atoms. The van der Waals surface area contributed by atoms with Crippen LogP contribution in [0.5, 0.6) is 0 Å². The van der Waals surface area contributed by atoms with E-state index >= 15 is 0 Å². The highest BCUT2D eigenvalue weighted by atomic mass is 127. The topological polar surface area (TPSA) is 48.9 Å². The van der Waals surface area contributed by atoms with Crippen LogP contribution in [0, 0.1) is 11.8 Å².